The Morgan fingerprint density at radius 3 is 2.69 bits per heavy atom. The average Bonchev–Trinajstić information content (AvgIpc) is 2.03. The summed E-state index contributed by atoms with van der Waals surface area (Å²) in [7, 11) is 0. The van der Waals surface area contributed by atoms with E-state index in [0.29, 0.717) is 12.5 Å². The Kier molecular flexibility index (Phi) is 5.67. The van der Waals surface area contributed by atoms with Gasteiger partial charge in [0.25, 0.3) is 0 Å². The molecular formula is C7H15N5O. The molecule has 0 fully saturated rings. The van der Waals surface area contributed by atoms with Crippen molar-refractivity contribution in [2.45, 2.75) is 19.9 Å². The van der Waals surface area contributed by atoms with Crippen LogP contribution in [0, 0.1) is 5.92 Å². The van der Waals surface area contributed by atoms with E-state index in [9.17, 15) is 4.79 Å². The molecular weight excluding hydrogens is 170 g/mol. The summed E-state index contributed by atoms with van der Waals surface area (Å²) in [6.07, 6.45) is 0. The third-order valence-electron chi connectivity index (χ3n) is 1.44. The second kappa shape index (κ2) is 6.28. The zero-order valence-electron chi connectivity index (χ0n) is 7.90. The highest BCUT2D eigenvalue weighted by molar-refractivity contribution is 5.80. The Balaban J connectivity index is 3.94. The minimum absolute atomic E-state index is 0.0680. The molecule has 0 radical (unpaired) electrons. The molecule has 0 spiro atoms. The number of amides is 1. The van der Waals surface area contributed by atoms with Gasteiger partial charge in [0, 0.05) is 4.91 Å². The molecule has 0 aliphatic carbocycles. The number of primary amides is 1. The zero-order valence-corrected chi connectivity index (χ0v) is 7.90. The van der Waals surface area contributed by atoms with Gasteiger partial charge in [0.1, 0.15) is 0 Å². The molecule has 0 bridgehead atoms. The maximum atomic E-state index is 10.8. The Hall–Kier alpha value is -1.26. The predicted molar refractivity (Wildman–Crippen MR) is 49.8 cm³/mol. The van der Waals surface area contributed by atoms with Gasteiger partial charge in [-0.05, 0) is 18.0 Å². The van der Waals surface area contributed by atoms with Crippen molar-refractivity contribution in [1.29, 1.82) is 0 Å². The summed E-state index contributed by atoms with van der Waals surface area (Å²) >= 11 is 0. The van der Waals surface area contributed by atoms with Gasteiger partial charge in [-0.3, -0.25) is 4.79 Å². The van der Waals surface area contributed by atoms with Crippen molar-refractivity contribution in [3.8, 4) is 0 Å². The number of hydrogen-bond acceptors (Lipinski definition) is 3. The molecule has 1 unspecified atom stereocenters. The monoisotopic (exact) mass is 185 g/mol. The minimum atomic E-state index is -0.557. The third-order valence-corrected chi connectivity index (χ3v) is 1.44. The molecule has 0 aromatic rings. The van der Waals surface area contributed by atoms with E-state index in [1.54, 1.807) is 0 Å². The van der Waals surface area contributed by atoms with Gasteiger partial charge in [-0.25, -0.2) is 0 Å². The van der Waals surface area contributed by atoms with Crippen LogP contribution in [0.5, 0.6) is 0 Å². The largest absolute Gasteiger partial charge is 0.368 e. The summed E-state index contributed by atoms with van der Waals surface area (Å²) < 4.78 is 0. The molecule has 6 nitrogen and oxygen atoms in total. The summed E-state index contributed by atoms with van der Waals surface area (Å²) in [5.74, 6) is -0.0686. The van der Waals surface area contributed by atoms with Gasteiger partial charge in [-0.1, -0.05) is 19.0 Å². The summed E-state index contributed by atoms with van der Waals surface area (Å²) in [5, 5.41) is 6.20. The highest BCUT2D eigenvalue weighted by atomic mass is 16.1. The van der Waals surface area contributed by atoms with Crippen molar-refractivity contribution in [3.63, 3.8) is 0 Å². The van der Waals surface area contributed by atoms with Gasteiger partial charge >= 0.3 is 0 Å². The molecule has 13 heavy (non-hydrogen) atoms. The summed E-state index contributed by atoms with van der Waals surface area (Å²) in [4.78, 5) is 13.4. The van der Waals surface area contributed by atoms with Gasteiger partial charge in [-0.2, -0.15) is 0 Å². The second-order valence-electron chi connectivity index (χ2n) is 3.17. The number of carbonyl (C=O) groups is 1. The lowest BCUT2D eigenvalue weighted by Gasteiger charge is -2.14. The van der Waals surface area contributed by atoms with Crippen molar-refractivity contribution in [2.24, 2.45) is 16.8 Å². The Morgan fingerprint density at radius 1 is 1.69 bits per heavy atom. The first-order chi connectivity index (χ1) is 6.07. The molecule has 3 N–H and O–H groups in total. The van der Waals surface area contributed by atoms with E-state index >= 15 is 0 Å². The van der Waals surface area contributed by atoms with Crippen LogP contribution in [0.2, 0.25) is 0 Å². The first-order valence-corrected chi connectivity index (χ1v) is 4.11. The number of nitrogens with zero attached hydrogens (tertiary/aromatic N) is 3. The molecule has 0 saturated carbocycles. The molecule has 6 heteroatoms. The Morgan fingerprint density at radius 2 is 2.31 bits per heavy atom. The summed E-state index contributed by atoms with van der Waals surface area (Å²) in [5.41, 5.74) is 13.1. The van der Waals surface area contributed by atoms with Crippen molar-refractivity contribution >= 4 is 5.91 Å². The van der Waals surface area contributed by atoms with E-state index < -0.39 is 11.9 Å². The SMILES string of the molecule is CC(C)CNC(CN=[N+]=[N-])C(N)=O. The molecule has 0 rings (SSSR count). The number of nitrogens with one attached hydrogen (secondary N) is 1. The van der Waals surface area contributed by atoms with Gasteiger partial charge in [-0.15, -0.1) is 0 Å². The van der Waals surface area contributed by atoms with Crippen LogP contribution in [0.3, 0.4) is 0 Å². The van der Waals surface area contributed by atoms with Crippen molar-refractivity contribution in [2.75, 3.05) is 13.1 Å². The quantitative estimate of drug-likeness (QED) is 0.355. The number of azide groups is 1. The van der Waals surface area contributed by atoms with Crippen LogP contribution in [-0.2, 0) is 4.79 Å². The second-order valence-corrected chi connectivity index (χ2v) is 3.17. The van der Waals surface area contributed by atoms with Gasteiger partial charge in [0.15, 0.2) is 0 Å². The number of hydrogen-bond donors (Lipinski definition) is 2. The predicted octanol–water partition coefficient (Wildman–Crippen LogP) is 0.396. The van der Waals surface area contributed by atoms with Crippen LogP contribution in [-0.4, -0.2) is 25.0 Å². The lowest BCUT2D eigenvalue weighted by atomic mass is 10.2. The lowest BCUT2D eigenvalue weighted by Crippen LogP contribution is -2.44. The molecule has 1 atom stereocenters. The van der Waals surface area contributed by atoms with Crippen LogP contribution in [0.1, 0.15) is 13.8 Å². The molecule has 0 saturated heterocycles. The number of carbonyl (C=O) groups excluding carboxylic acids is 1. The van der Waals surface area contributed by atoms with E-state index in [4.69, 9.17) is 11.3 Å². The Labute approximate surface area is 77.1 Å². The summed E-state index contributed by atoms with van der Waals surface area (Å²) in [6, 6.07) is -0.557. The standard InChI is InChI=1S/C7H15N5O/c1-5(2)3-10-6(7(8)13)4-11-12-9/h5-6,10H,3-4H2,1-2H3,(H2,8,13). The molecule has 0 aliphatic heterocycles. The van der Waals surface area contributed by atoms with Crippen LogP contribution in [0.4, 0.5) is 0 Å². The van der Waals surface area contributed by atoms with E-state index in [-0.39, 0.29) is 6.54 Å². The number of nitrogens with two attached hydrogens (primary N) is 1. The van der Waals surface area contributed by atoms with E-state index in [0.717, 1.165) is 0 Å². The van der Waals surface area contributed by atoms with Gasteiger partial charge in [0.05, 0.1) is 12.6 Å². The van der Waals surface area contributed by atoms with E-state index in [2.05, 4.69) is 15.3 Å². The smallest absolute Gasteiger partial charge is 0.234 e. The maximum Gasteiger partial charge on any atom is 0.234 e. The topological polar surface area (TPSA) is 104 Å². The lowest BCUT2D eigenvalue weighted by molar-refractivity contribution is -0.119. The van der Waals surface area contributed by atoms with Crippen LogP contribution in [0.25, 0.3) is 10.4 Å². The molecule has 0 aromatic heterocycles. The molecule has 0 aliphatic rings. The maximum absolute atomic E-state index is 10.8. The normalized spacial score (nSPS) is 12.2. The minimum Gasteiger partial charge on any atom is -0.368 e. The first kappa shape index (κ1) is 11.7. The fourth-order valence-corrected chi connectivity index (χ4v) is 0.751. The van der Waals surface area contributed by atoms with E-state index in [1.807, 2.05) is 13.8 Å². The van der Waals surface area contributed by atoms with Crippen molar-refractivity contribution in [3.05, 3.63) is 10.4 Å². The Bertz CT molecular complexity index is 209. The zero-order chi connectivity index (χ0) is 10.3. The summed E-state index contributed by atoms with van der Waals surface area (Å²) in [6.45, 7) is 4.77. The third kappa shape index (κ3) is 5.95. The van der Waals surface area contributed by atoms with Crippen LogP contribution < -0.4 is 11.1 Å². The number of rotatable bonds is 6. The van der Waals surface area contributed by atoms with Crippen LogP contribution >= 0.6 is 0 Å². The molecule has 1 amide bonds. The molecule has 74 valence electrons. The average molecular weight is 185 g/mol. The van der Waals surface area contributed by atoms with Gasteiger partial charge in [0.2, 0.25) is 5.91 Å². The molecule has 0 heterocycles. The fraction of sp³-hybridized carbons (Fsp3) is 0.857. The van der Waals surface area contributed by atoms with E-state index in [1.165, 1.54) is 0 Å². The van der Waals surface area contributed by atoms with Gasteiger partial charge < -0.3 is 11.1 Å². The molecule has 0 aromatic carbocycles. The van der Waals surface area contributed by atoms with Crippen molar-refractivity contribution < 1.29 is 4.79 Å². The van der Waals surface area contributed by atoms with Crippen molar-refractivity contribution in [1.82, 2.24) is 5.32 Å². The highest BCUT2D eigenvalue weighted by Gasteiger charge is 2.13. The fourth-order valence-electron chi connectivity index (χ4n) is 0.751. The van der Waals surface area contributed by atoms with Crippen LogP contribution in [0.15, 0.2) is 5.11 Å². The highest BCUT2D eigenvalue weighted by Crippen LogP contribution is 1.91. The first-order valence-electron chi connectivity index (χ1n) is 4.11.